The van der Waals surface area contributed by atoms with E-state index in [1.54, 1.807) is 6.26 Å². The highest BCUT2D eigenvalue weighted by Gasteiger charge is 2.06. The van der Waals surface area contributed by atoms with Gasteiger partial charge >= 0.3 is 0 Å². The van der Waals surface area contributed by atoms with E-state index in [9.17, 15) is 0 Å². The van der Waals surface area contributed by atoms with Gasteiger partial charge < -0.3 is 14.5 Å². The van der Waals surface area contributed by atoms with Gasteiger partial charge in [0.25, 0.3) is 0 Å². The minimum Gasteiger partial charge on any atom is -0.485 e. The molecule has 1 N–H and O–H groups in total. The fourth-order valence-corrected chi connectivity index (χ4v) is 1.77. The van der Waals surface area contributed by atoms with E-state index in [1.165, 1.54) is 0 Å². The van der Waals surface area contributed by atoms with E-state index >= 15 is 0 Å². The Bertz CT molecular complexity index is 495. The van der Waals surface area contributed by atoms with Crippen molar-refractivity contribution in [3.8, 4) is 5.75 Å². The van der Waals surface area contributed by atoms with E-state index in [1.807, 2.05) is 31.3 Å². The summed E-state index contributed by atoms with van der Waals surface area (Å²) in [5.41, 5.74) is 2.03. The predicted molar refractivity (Wildman–Crippen MR) is 74.0 cm³/mol. The van der Waals surface area contributed by atoms with Crippen molar-refractivity contribution in [1.29, 1.82) is 0 Å². The Balaban J connectivity index is 2.01. The number of hydrogen-bond acceptors (Lipinski definition) is 4. The van der Waals surface area contributed by atoms with Gasteiger partial charge in [0.05, 0.1) is 6.26 Å². The van der Waals surface area contributed by atoms with Crippen molar-refractivity contribution in [2.75, 3.05) is 6.54 Å². The number of aryl methyl sites for hydroxylation is 1. The molecular formula is C15H20N2O2. The van der Waals surface area contributed by atoms with Crippen LogP contribution in [-0.4, -0.2) is 11.5 Å². The number of rotatable bonds is 7. The van der Waals surface area contributed by atoms with Gasteiger partial charge in [-0.25, -0.2) is 0 Å². The van der Waals surface area contributed by atoms with E-state index in [4.69, 9.17) is 9.15 Å². The monoisotopic (exact) mass is 260 g/mol. The number of aromatic nitrogens is 1. The first-order chi connectivity index (χ1) is 9.29. The van der Waals surface area contributed by atoms with Crippen LogP contribution in [0, 0.1) is 6.92 Å². The highest BCUT2D eigenvalue weighted by Crippen LogP contribution is 2.20. The standard InChI is InChI=1S/C15H20N2O2/c1-3-6-16-9-13-10-17-12(2)8-15(13)19-11-14-5-4-7-18-14/h4-5,7-8,10,16H,3,6,9,11H2,1-2H3. The van der Waals surface area contributed by atoms with Crippen molar-refractivity contribution in [1.82, 2.24) is 10.3 Å². The van der Waals surface area contributed by atoms with Crippen LogP contribution in [0.25, 0.3) is 0 Å². The zero-order chi connectivity index (χ0) is 13.5. The number of hydrogen-bond donors (Lipinski definition) is 1. The lowest BCUT2D eigenvalue weighted by Gasteiger charge is -2.11. The predicted octanol–water partition coefficient (Wildman–Crippen LogP) is 3.06. The summed E-state index contributed by atoms with van der Waals surface area (Å²) in [6.45, 7) is 6.31. The summed E-state index contributed by atoms with van der Waals surface area (Å²) in [4.78, 5) is 4.32. The van der Waals surface area contributed by atoms with Crippen LogP contribution in [-0.2, 0) is 13.2 Å². The van der Waals surface area contributed by atoms with Crippen LogP contribution in [0.3, 0.4) is 0 Å². The molecule has 0 saturated carbocycles. The van der Waals surface area contributed by atoms with Gasteiger partial charge in [-0.15, -0.1) is 0 Å². The van der Waals surface area contributed by atoms with Crippen molar-refractivity contribution in [2.45, 2.75) is 33.4 Å². The first-order valence-corrected chi connectivity index (χ1v) is 6.61. The maximum atomic E-state index is 5.82. The summed E-state index contributed by atoms with van der Waals surface area (Å²) >= 11 is 0. The molecular weight excluding hydrogens is 240 g/mol. The Morgan fingerprint density at radius 1 is 1.42 bits per heavy atom. The Morgan fingerprint density at radius 3 is 3.05 bits per heavy atom. The summed E-state index contributed by atoms with van der Waals surface area (Å²) in [7, 11) is 0. The first kappa shape index (κ1) is 13.6. The van der Waals surface area contributed by atoms with Crippen molar-refractivity contribution in [3.05, 3.63) is 47.7 Å². The molecule has 0 aliphatic carbocycles. The van der Waals surface area contributed by atoms with Crippen LogP contribution in [0.1, 0.15) is 30.4 Å². The number of ether oxygens (including phenoxy) is 1. The van der Waals surface area contributed by atoms with Crippen LogP contribution in [0.4, 0.5) is 0 Å². The summed E-state index contributed by atoms with van der Waals surface area (Å²) in [5.74, 6) is 1.69. The van der Waals surface area contributed by atoms with E-state index in [0.717, 1.165) is 42.3 Å². The van der Waals surface area contributed by atoms with E-state index in [0.29, 0.717) is 6.61 Å². The van der Waals surface area contributed by atoms with Gasteiger partial charge in [0.15, 0.2) is 0 Å². The van der Waals surface area contributed by atoms with Crippen LogP contribution in [0.15, 0.2) is 35.1 Å². The number of nitrogens with one attached hydrogen (secondary N) is 1. The summed E-state index contributed by atoms with van der Waals surface area (Å²) < 4.78 is 11.1. The van der Waals surface area contributed by atoms with Crippen molar-refractivity contribution in [3.63, 3.8) is 0 Å². The zero-order valence-corrected chi connectivity index (χ0v) is 11.5. The van der Waals surface area contributed by atoms with Crippen LogP contribution < -0.4 is 10.1 Å². The third kappa shape index (κ3) is 4.10. The smallest absolute Gasteiger partial charge is 0.146 e. The largest absolute Gasteiger partial charge is 0.485 e. The van der Waals surface area contributed by atoms with Crippen molar-refractivity contribution in [2.24, 2.45) is 0 Å². The lowest BCUT2D eigenvalue weighted by Crippen LogP contribution is -2.15. The third-order valence-electron chi connectivity index (χ3n) is 2.77. The topological polar surface area (TPSA) is 47.3 Å². The van der Waals surface area contributed by atoms with Crippen LogP contribution >= 0.6 is 0 Å². The summed E-state index contributed by atoms with van der Waals surface area (Å²) in [6.07, 6.45) is 4.64. The third-order valence-corrected chi connectivity index (χ3v) is 2.77. The first-order valence-electron chi connectivity index (χ1n) is 6.61. The van der Waals surface area contributed by atoms with Gasteiger partial charge in [-0.05, 0) is 32.0 Å². The molecule has 2 rings (SSSR count). The molecule has 0 bridgehead atoms. The molecule has 0 aromatic carbocycles. The molecule has 4 nitrogen and oxygen atoms in total. The minimum absolute atomic E-state index is 0.442. The molecule has 0 spiro atoms. The molecule has 2 aromatic rings. The molecule has 19 heavy (non-hydrogen) atoms. The molecule has 0 radical (unpaired) electrons. The van der Waals surface area contributed by atoms with Gasteiger partial charge in [-0.1, -0.05) is 6.92 Å². The highest BCUT2D eigenvalue weighted by molar-refractivity contribution is 5.32. The van der Waals surface area contributed by atoms with Gasteiger partial charge in [0, 0.05) is 30.1 Å². The quantitative estimate of drug-likeness (QED) is 0.777. The zero-order valence-electron chi connectivity index (χ0n) is 11.5. The molecule has 0 saturated heterocycles. The molecule has 2 heterocycles. The van der Waals surface area contributed by atoms with Crippen LogP contribution in [0.5, 0.6) is 5.75 Å². The van der Waals surface area contributed by atoms with Gasteiger partial charge in [-0.2, -0.15) is 0 Å². The number of furan rings is 1. The Morgan fingerprint density at radius 2 is 2.32 bits per heavy atom. The lowest BCUT2D eigenvalue weighted by molar-refractivity contribution is 0.267. The van der Waals surface area contributed by atoms with E-state index < -0.39 is 0 Å². The average Bonchev–Trinajstić information content (AvgIpc) is 2.92. The fraction of sp³-hybridized carbons (Fsp3) is 0.400. The highest BCUT2D eigenvalue weighted by atomic mass is 16.5. The fourth-order valence-electron chi connectivity index (χ4n) is 1.77. The number of pyridine rings is 1. The maximum absolute atomic E-state index is 5.82. The Kier molecular flexibility index (Phi) is 4.98. The normalized spacial score (nSPS) is 10.6. The summed E-state index contributed by atoms with van der Waals surface area (Å²) in [6, 6.07) is 5.73. The molecule has 0 unspecified atom stereocenters. The van der Waals surface area contributed by atoms with Gasteiger partial charge in [0.1, 0.15) is 18.1 Å². The molecule has 0 amide bonds. The second kappa shape index (κ2) is 6.95. The maximum Gasteiger partial charge on any atom is 0.146 e. The van der Waals surface area contributed by atoms with E-state index in [2.05, 4.69) is 17.2 Å². The van der Waals surface area contributed by atoms with Gasteiger partial charge in [0.2, 0.25) is 0 Å². The molecule has 2 aromatic heterocycles. The average molecular weight is 260 g/mol. The second-order valence-electron chi connectivity index (χ2n) is 4.48. The summed E-state index contributed by atoms with van der Waals surface area (Å²) in [5, 5.41) is 3.36. The van der Waals surface area contributed by atoms with Gasteiger partial charge in [-0.3, -0.25) is 4.98 Å². The van der Waals surface area contributed by atoms with E-state index in [-0.39, 0.29) is 0 Å². The lowest BCUT2D eigenvalue weighted by atomic mass is 10.2. The van der Waals surface area contributed by atoms with Crippen LogP contribution in [0.2, 0.25) is 0 Å². The second-order valence-corrected chi connectivity index (χ2v) is 4.48. The SMILES string of the molecule is CCCNCc1cnc(C)cc1OCc1ccco1. The molecule has 102 valence electrons. The molecule has 0 fully saturated rings. The van der Waals surface area contributed by atoms with Crippen molar-refractivity contribution < 1.29 is 9.15 Å². The van der Waals surface area contributed by atoms with Crippen molar-refractivity contribution >= 4 is 0 Å². The Hall–Kier alpha value is -1.81. The number of nitrogens with zero attached hydrogens (tertiary/aromatic N) is 1. The Labute approximate surface area is 113 Å². The minimum atomic E-state index is 0.442. The molecule has 0 aliphatic rings. The molecule has 0 atom stereocenters. The molecule has 4 heteroatoms. The molecule has 0 aliphatic heterocycles.